The van der Waals surface area contributed by atoms with E-state index in [0.717, 1.165) is 22.6 Å². The third-order valence-electron chi connectivity index (χ3n) is 4.72. The van der Waals surface area contributed by atoms with Gasteiger partial charge in [-0.05, 0) is 42.5 Å². The molecule has 5 nitrogen and oxygen atoms in total. The van der Waals surface area contributed by atoms with E-state index in [1.165, 1.54) is 0 Å². The van der Waals surface area contributed by atoms with Crippen molar-refractivity contribution in [2.75, 3.05) is 0 Å². The Hall–Kier alpha value is -2.92. The number of hydrazone groups is 1. The molecule has 0 radical (unpaired) electrons. The molecule has 0 unspecified atom stereocenters. The number of nitrogens with zero attached hydrogens (tertiary/aromatic N) is 2. The molecule has 6 heteroatoms. The van der Waals surface area contributed by atoms with Crippen LogP contribution in [0, 0.1) is 0 Å². The molecule has 1 aromatic heterocycles. The lowest BCUT2D eigenvalue weighted by Crippen LogP contribution is -2.33. The largest absolute Gasteiger partial charge is 0.508 e. The van der Waals surface area contributed by atoms with Crippen LogP contribution in [0.4, 0.5) is 0 Å². The fraction of sp³-hybridized carbons (Fsp3) is 0.150. The molecular formula is C20H15ClN2O3. The molecule has 0 saturated heterocycles. The van der Waals surface area contributed by atoms with Crippen molar-refractivity contribution in [1.29, 1.82) is 0 Å². The van der Waals surface area contributed by atoms with Gasteiger partial charge in [0.2, 0.25) is 6.23 Å². The van der Waals surface area contributed by atoms with E-state index >= 15 is 0 Å². The van der Waals surface area contributed by atoms with Gasteiger partial charge in [0.25, 0.3) is 0 Å². The summed E-state index contributed by atoms with van der Waals surface area (Å²) in [6, 6.07) is 16.5. The zero-order valence-corrected chi connectivity index (χ0v) is 14.4. The number of furan rings is 1. The Morgan fingerprint density at radius 2 is 2.04 bits per heavy atom. The number of phenols is 1. The van der Waals surface area contributed by atoms with Crippen molar-refractivity contribution in [3.8, 4) is 11.5 Å². The maximum absolute atomic E-state index is 9.80. The monoisotopic (exact) mass is 366 g/mol. The molecule has 0 amide bonds. The molecule has 130 valence electrons. The molecule has 3 aromatic rings. The van der Waals surface area contributed by atoms with E-state index in [1.807, 2.05) is 47.5 Å². The fourth-order valence-corrected chi connectivity index (χ4v) is 3.72. The first-order valence-corrected chi connectivity index (χ1v) is 8.71. The van der Waals surface area contributed by atoms with Crippen molar-refractivity contribution in [2.24, 2.45) is 5.10 Å². The van der Waals surface area contributed by atoms with Crippen LogP contribution in [0.1, 0.15) is 35.6 Å². The molecule has 3 heterocycles. The molecule has 2 atom stereocenters. The number of hydrogen-bond donors (Lipinski definition) is 1. The molecule has 0 saturated carbocycles. The summed E-state index contributed by atoms with van der Waals surface area (Å²) in [6.45, 7) is 0. The molecule has 0 aliphatic carbocycles. The molecular weight excluding hydrogens is 352 g/mol. The van der Waals surface area contributed by atoms with E-state index in [9.17, 15) is 5.11 Å². The maximum Gasteiger partial charge on any atom is 0.246 e. The van der Waals surface area contributed by atoms with Crippen LogP contribution in [-0.2, 0) is 0 Å². The van der Waals surface area contributed by atoms with Gasteiger partial charge in [0.05, 0.1) is 18.0 Å². The van der Waals surface area contributed by atoms with Crippen molar-refractivity contribution in [2.45, 2.75) is 18.7 Å². The average molecular weight is 367 g/mol. The Balaban J connectivity index is 1.61. The van der Waals surface area contributed by atoms with Crippen molar-refractivity contribution in [3.63, 3.8) is 0 Å². The summed E-state index contributed by atoms with van der Waals surface area (Å²) < 4.78 is 11.7. The quantitative estimate of drug-likeness (QED) is 0.702. The summed E-state index contributed by atoms with van der Waals surface area (Å²) in [7, 11) is 0. The smallest absolute Gasteiger partial charge is 0.246 e. The van der Waals surface area contributed by atoms with E-state index in [0.29, 0.717) is 17.2 Å². The Labute approximate surface area is 155 Å². The lowest BCUT2D eigenvalue weighted by molar-refractivity contribution is -0.0325. The highest BCUT2D eigenvalue weighted by Crippen LogP contribution is 2.48. The van der Waals surface area contributed by atoms with Crippen molar-refractivity contribution >= 4 is 17.3 Å². The van der Waals surface area contributed by atoms with Crippen LogP contribution in [0.3, 0.4) is 0 Å². The highest BCUT2D eigenvalue weighted by Gasteiger charge is 2.42. The Kier molecular flexibility index (Phi) is 3.43. The molecule has 0 spiro atoms. The number of hydrogen-bond acceptors (Lipinski definition) is 5. The molecule has 1 N–H and O–H groups in total. The molecule has 2 aliphatic rings. The van der Waals surface area contributed by atoms with Crippen LogP contribution < -0.4 is 4.74 Å². The van der Waals surface area contributed by atoms with Gasteiger partial charge in [-0.15, -0.1) is 0 Å². The van der Waals surface area contributed by atoms with Gasteiger partial charge in [0.15, 0.2) is 5.76 Å². The summed E-state index contributed by atoms with van der Waals surface area (Å²) in [5.74, 6) is 1.69. The second kappa shape index (κ2) is 5.81. The number of rotatable bonds is 2. The Bertz CT molecular complexity index is 1000. The zero-order valence-electron chi connectivity index (χ0n) is 13.7. The zero-order chi connectivity index (χ0) is 17.7. The minimum absolute atomic E-state index is 0.00935. The average Bonchev–Trinajstić information content (AvgIpc) is 3.31. The molecule has 0 fully saturated rings. The molecule has 26 heavy (non-hydrogen) atoms. The van der Waals surface area contributed by atoms with Gasteiger partial charge in [-0.1, -0.05) is 23.7 Å². The summed E-state index contributed by atoms with van der Waals surface area (Å²) in [6.07, 6.45) is 1.87. The lowest BCUT2D eigenvalue weighted by atomic mass is 9.96. The first-order chi connectivity index (χ1) is 12.7. The van der Waals surface area contributed by atoms with Gasteiger partial charge in [-0.3, -0.25) is 0 Å². The van der Waals surface area contributed by atoms with E-state index in [2.05, 4.69) is 0 Å². The van der Waals surface area contributed by atoms with Gasteiger partial charge in [0, 0.05) is 22.6 Å². The van der Waals surface area contributed by atoms with Crippen LogP contribution in [0.15, 0.2) is 70.4 Å². The second-order valence-corrected chi connectivity index (χ2v) is 6.80. The first-order valence-electron chi connectivity index (χ1n) is 8.34. The number of fused-ring (bicyclic) bond motifs is 3. The van der Waals surface area contributed by atoms with E-state index in [-0.39, 0.29) is 11.8 Å². The summed E-state index contributed by atoms with van der Waals surface area (Å²) in [5.41, 5.74) is 2.78. The van der Waals surface area contributed by atoms with Gasteiger partial charge in [0.1, 0.15) is 11.5 Å². The summed E-state index contributed by atoms with van der Waals surface area (Å²) in [5, 5.41) is 17.2. The summed E-state index contributed by atoms with van der Waals surface area (Å²) in [4.78, 5) is 0. The Morgan fingerprint density at radius 3 is 2.85 bits per heavy atom. The van der Waals surface area contributed by atoms with Crippen LogP contribution >= 0.6 is 11.6 Å². The van der Waals surface area contributed by atoms with Gasteiger partial charge in [-0.25, -0.2) is 5.01 Å². The van der Waals surface area contributed by atoms with Crippen LogP contribution in [0.25, 0.3) is 0 Å². The Morgan fingerprint density at radius 1 is 1.12 bits per heavy atom. The highest BCUT2D eigenvalue weighted by molar-refractivity contribution is 6.30. The topological polar surface area (TPSA) is 58.2 Å². The predicted octanol–water partition coefficient (Wildman–Crippen LogP) is 4.88. The number of ether oxygens (including phenoxy) is 1. The number of halogens is 1. The third kappa shape index (κ3) is 2.44. The van der Waals surface area contributed by atoms with Crippen molar-refractivity contribution in [1.82, 2.24) is 5.01 Å². The van der Waals surface area contributed by atoms with Crippen LogP contribution in [0.5, 0.6) is 11.5 Å². The van der Waals surface area contributed by atoms with Gasteiger partial charge < -0.3 is 14.3 Å². The van der Waals surface area contributed by atoms with E-state index in [4.69, 9.17) is 25.9 Å². The van der Waals surface area contributed by atoms with E-state index < -0.39 is 6.23 Å². The molecule has 5 rings (SSSR count). The minimum atomic E-state index is -0.446. The SMILES string of the molecule is Oc1cccc(C2=NN3[C@H](C2)c2cc(Cl)ccc2O[C@H]3c2ccco2)c1. The highest BCUT2D eigenvalue weighted by atomic mass is 35.5. The standard InChI is InChI=1S/C20H15ClN2O3/c21-13-6-7-18-15(10-13)17-11-16(12-3-1-4-14(24)9-12)22-23(17)20(26-18)19-5-2-8-25-19/h1-10,17,20,24H,11H2/t17-,20+/m1/s1. The third-order valence-corrected chi connectivity index (χ3v) is 4.95. The fourth-order valence-electron chi connectivity index (χ4n) is 3.54. The second-order valence-electron chi connectivity index (χ2n) is 6.36. The minimum Gasteiger partial charge on any atom is -0.508 e. The first kappa shape index (κ1) is 15.3. The number of benzene rings is 2. The van der Waals surface area contributed by atoms with Crippen molar-refractivity contribution < 1.29 is 14.3 Å². The number of phenolic OH excluding ortho intramolecular Hbond substituents is 1. The predicted molar refractivity (Wildman–Crippen MR) is 97.4 cm³/mol. The normalized spacial score (nSPS) is 21.0. The maximum atomic E-state index is 9.80. The van der Waals surface area contributed by atoms with Crippen LogP contribution in [-0.4, -0.2) is 15.8 Å². The number of aromatic hydroxyl groups is 1. The van der Waals surface area contributed by atoms with Crippen molar-refractivity contribution in [3.05, 3.63) is 82.8 Å². The lowest BCUT2D eigenvalue weighted by Gasteiger charge is -2.36. The van der Waals surface area contributed by atoms with Gasteiger partial charge >= 0.3 is 0 Å². The molecule has 2 aromatic carbocycles. The molecule has 2 aliphatic heterocycles. The van der Waals surface area contributed by atoms with Gasteiger partial charge in [-0.2, -0.15) is 5.10 Å². The van der Waals surface area contributed by atoms with E-state index in [1.54, 1.807) is 18.4 Å². The summed E-state index contributed by atoms with van der Waals surface area (Å²) >= 11 is 6.21. The van der Waals surface area contributed by atoms with Crippen LogP contribution in [0.2, 0.25) is 5.02 Å². The molecule has 0 bridgehead atoms.